The molecule has 0 unspecified atom stereocenters. The Morgan fingerprint density at radius 3 is 2.64 bits per heavy atom. The van der Waals surface area contributed by atoms with Gasteiger partial charge in [-0.05, 0) is 37.7 Å². The Bertz CT molecular complexity index is 654. The van der Waals surface area contributed by atoms with Crippen LogP contribution in [0.1, 0.15) is 24.2 Å². The SMILES string of the molecule is COCCNc1cc(N2CCC(Cc3ccccc3)CC2)nc(C)n1. The number of methoxy groups -OCH3 is 1. The van der Waals surface area contributed by atoms with Gasteiger partial charge < -0.3 is 15.0 Å². The summed E-state index contributed by atoms with van der Waals surface area (Å²) in [5, 5.41) is 3.30. The van der Waals surface area contributed by atoms with E-state index >= 15 is 0 Å². The molecule has 5 nitrogen and oxygen atoms in total. The molecule has 0 spiro atoms. The molecular weight excluding hydrogens is 312 g/mol. The number of benzene rings is 1. The van der Waals surface area contributed by atoms with Crippen molar-refractivity contribution in [3.8, 4) is 0 Å². The first kappa shape index (κ1) is 17.7. The van der Waals surface area contributed by atoms with Gasteiger partial charge in [0.25, 0.3) is 0 Å². The molecule has 1 aliphatic heterocycles. The number of nitrogens with zero attached hydrogens (tertiary/aromatic N) is 3. The molecule has 1 saturated heterocycles. The van der Waals surface area contributed by atoms with Crippen LogP contribution in [-0.2, 0) is 11.2 Å². The number of ether oxygens (including phenoxy) is 1. The second-order valence-corrected chi connectivity index (χ2v) is 6.70. The fraction of sp³-hybridized carbons (Fsp3) is 0.500. The normalized spacial score (nSPS) is 15.4. The fourth-order valence-corrected chi connectivity index (χ4v) is 3.40. The van der Waals surface area contributed by atoms with Gasteiger partial charge >= 0.3 is 0 Å². The highest BCUT2D eigenvalue weighted by Crippen LogP contribution is 2.25. The smallest absolute Gasteiger partial charge is 0.134 e. The van der Waals surface area contributed by atoms with Crippen LogP contribution in [0.5, 0.6) is 0 Å². The summed E-state index contributed by atoms with van der Waals surface area (Å²) in [4.78, 5) is 11.5. The molecule has 1 aromatic carbocycles. The van der Waals surface area contributed by atoms with Gasteiger partial charge in [0.2, 0.25) is 0 Å². The van der Waals surface area contributed by atoms with Gasteiger partial charge in [-0.1, -0.05) is 30.3 Å². The number of aryl methyl sites for hydroxylation is 1. The van der Waals surface area contributed by atoms with Crippen molar-refractivity contribution in [2.24, 2.45) is 5.92 Å². The third-order valence-electron chi connectivity index (χ3n) is 4.74. The summed E-state index contributed by atoms with van der Waals surface area (Å²) < 4.78 is 5.08. The number of anilines is 2. The first-order valence-corrected chi connectivity index (χ1v) is 9.12. The molecule has 0 atom stereocenters. The molecule has 0 saturated carbocycles. The van der Waals surface area contributed by atoms with Crippen molar-refractivity contribution >= 4 is 11.6 Å². The van der Waals surface area contributed by atoms with E-state index in [1.807, 2.05) is 6.92 Å². The Hall–Kier alpha value is -2.14. The molecule has 0 amide bonds. The molecule has 0 bridgehead atoms. The van der Waals surface area contributed by atoms with Crippen LogP contribution < -0.4 is 10.2 Å². The molecule has 1 N–H and O–H groups in total. The molecule has 3 rings (SSSR count). The number of piperidine rings is 1. The van der Waals surface area contributed by atoms with E-state index < -0.39 is 0 Å². The molecule has 25 heavy (non-hydrogen) atoms. The lowest BCUT2D eigenvalue weighted by Gasteiger charge is -2.33. The minimum Gasteiger partial charge on any atom is -0.383 e. The topological polar surface area (TPSA) is 50.3 Å². The number of rotatable bonds is 7. The first-order valence-electron chi connectivity index (χ1n) is 9.12. The Kier molecular flexibility index (Phi) is 6.23. The van der Waals surface area contributed by atoms with Crippen LogP contribution in [0.15, 0.2) is 36.4 Å². The average Bonchev–Trinajstić information content (AvgIpc) is 2.63. The van der Waals surface area contributed by atoms with Gasteiger partial charge in [0, 0.05) is 32.8 Å². The van der Waals surface area contributed by atoms with Gasteiger partial charge in [-0.2, -0.15) is 0 Å². The van der Waals surface area contributed by atoms with Crippen molar-refractivity contribution in [3.63, 3.8) is 0 Å². The van der Waals surface area contributed by atoms with Gasteiger partial charge in [-0.3, -0.25) is 0 Å². The lowest BCUT2D eigenvalue weighted by atomic mass is 9.90. The average molecular weight is 340 g/mol. The van der Waals surface area contributed by atoms with Crippen molar-refractivity contribution in [2.45, 2.75) is 26.2 Å². The molecule has 134 valence electrons. The van der Waals surface area contributed by atoms with E-state index in [1.54, 1.807) is 7.11 Å². The lowest BCUT2D eigenvalue weighted by Crippen LogP contribution is -2.35. The molecular formula is C20H28N4O. The van der Waals surface area contributed by atoms with Crippen LogP contribution >= 0.6 is 0 Å². The minimum absolute atomic E-state index is 0.670. The zero-order valence-corrected chi connectivity index (χ0v) is 15.2. The van der Waals surface area contributed by atoms with Crippen LogP contribution in [-0.4, -0.2) is 43.3 Å². The zero-order chi connectivity index (χ0) is 17.5. The highest BCUT2D eigenvalue weighted by molar-refractivity contribution is 5.49. The predicted octanol–water partition coefficient (Wildman–Crippen LogP) is 3.30. The van der Waals surface area contributed by atoms with E-state index in [9.17, 15) is 0 Å². The van der Waals surface area contributed by atoms with E-state index in [2.05, 4.69) is 56.6 Å². The summed E-state index contributed by atoms with van der Waals surface area (Å²) >= 11 is 0. The molecule has 5 heteroatoms. The molecule has 0 aliphatic carbocycles. The highest BCUT2D eigenvalue weighted by atomic mass is 16.5. The van der Waals surface area contributed by atoms with Gasteiger partial charge in [0.1, 0.15) is 17.5 Å². The third kappa shape index (κ3) is 5.16. The molecule has 0 radical (unpaired) electrons. The summed E-state index contributed by atoms with van der Waals surface area (Å²) in [6.07, 6.45) is 3.61. The quantitative estimate of drug-likeness (QED) is 0.784. The fourth-order valence-electron chi connectivity index (χ4n) is 3.40. The molecule has 1 aliphatic rings. The minimum atomic E-state index is 0.670. The molecule has 1 fully saturated rings. The van der Waals surface area contributed by atoms with Crippen molar-refractivity contribution in [1.82, 2.24) is 9.97 Å². The number of hydrogen-bond acceptors (Lipinski definition) is 5. The van der Waals surface area contributed by atoms with E-state index in [1.165, 1.54) is 24.8 Å². The van der Waals surface area contributed by atoms with Gasteiger partial charge in [0.05, 0.1) is 6.61 Å². The Morgan fingerprint density at radius 2 is 1.92 bits per heavy atom. The standard InChI is InChI=1S/C20H28N4O/c1-16-22-19(21-10-13-25-2)15-20(23-16)24-11-8-18(9-12-24)14-17-6-4-3-5-7-17/h3-7,15,18H,8-14H2,1-2H3,(H,21,22,23). The third-order valence-corrected chi connectivity index (χ3v) is 4.74. The van der Waals surface area contributed by atoms with Crippen molar-refractivity contribution in [1.29, 1.82) is 0 Å². The number of hydrogen-bond donors (Lipinski definition) is 1. The lowest BCUT2D eigenvalue weighted by molar-refractivity contribution is 0.210. The first-order chi connectivity index (χ1) is 12.2. The van der Waals surface area contributed by atoms with Crippen LogP contribution in [0.3, 0.4) is 0 Å². The molecule has 1 aromatic heterocycles. The summed E-state index contributed by atoms with van der Waals surface area (Å²) in [5.41, 5.74) is 1.45. The van der Waals surface area contributed by atoms with Crippen molar-refractivity contribution < 1.29 is 4.74 Å². The molecule has 2 heterocycles. The van der Waals surface area contributed by atoms with E-state index in [4.69, 9.17) is 4.74 Å². The summed E-state index contributed by atoms with van der Waals surface area (Å²) in [6.45, 7) is 5.50. The maximum Gasteiger partial charge on any atom is 0.134 e. The monoisotopic (exact) mass is 340 g/mol. The Labute approximate surface area is 150 Å². The summed E-state index contributed by atoms with van der Waals surface area (Å²) in [6, 6.07) is 12.9. The van der Waals surface area contributed by atoms with E-state index in [0.717, 1.165) is 43.0 Å². The second-order valence-electron chi connectivity index (χ2n) is 6.70. The van der Waals surface area contributed by atoms with E-state index in [-0.39, 0.29) is 0 Å². The molecule has 2 aromatic rings. The predicted molar refractivity (Wildman–Crippen MR) is 102 cm³/mol. The van der Waals surface area contributed by atoms with Gasteiger partial charge in [-0.15, -0.1) is 0 Å². The van der Waals surface area contributed by atoms with Crippen LogP contribution in [0.4, 0.5) is 11.6 Å². The number of aromatic nitrogens is 2. The highest BCUT2D eigenvalue weighted by Gasteiger charge is 2.21. The van der Waals surface area contributed by atoms with Gasteiger partial charge in [0.15, 0.2) is 0 Å². The van der Waals surface area contributed by atoms with Crippen LogP contribution in [0.25, 0.3) is 0 Å². The second kappa shape index (κ2) is 8.81. The Morgan fingerprint density at radius 1 is 1.16 bits per heavy atom. The zero-order valence-electron chi connectivity index (χ0n) is 15.2. The maximum absolute atomic E-state index is 5.08. The number of nitrogens with one attached hydrogen (secondary N) is 1. The van der Waals surface area contributed by atoms with Crippen LogP contribution in [0, 0.1) is 12.8 Å². The maximum atomic E-state index is 5.08. The van der Waals surface area contributed by atoms with E-state index in [0.29, 0.717) is 6.61 Å². The van der Waals surface area contributed by atoms with Gasteiger partial charge in [-0.25, -0.2) is 9.97 Å². The van der Waals surface area contributed by atoms with Crippen molar-refractivity contribution in [2.75, 3.05) is 43.6 Å². The Balaban J connectivity index is 1.57. The summed E-state index contributed by atoms with van der Waals surface area (Å²) in [5.74, 6) is 3.49. The largest absolute Gasteiger partial charge is 0.383 e. The van der Waals surface area contributed by atoms with Crippen LogP contribution in [0.2, 0.25) is 0 Å². The summed E-state index contributed by atoms with van der Waals surface area (Å²) in [7, 11) is 1.71. The van der Waals surface area contributed by atoms with Crippen molar-refractivity contribution in [3.05, 3.63) is 47.8 Å².